The molecule has 0 aliphatic carbocycles. The molecule has 4 rings (SSSR count). The number of benzene rings is 3. The fraction of sp³-hybridized carbons (Fsp3) is 0.267. The topological polar surface area (TPSA) is 64.7 Å². The van der Waals surface area contributed by atoms with Crippen LogP contribution in [0, 0.1) is 0 Å². The molecule has 3 aromatic rings. The summed E-state index contributed by atoms with van der Waals surface area (Å²) >= 11 is 0. The number of hydrogen-bond acceptors (Lipinski definition) is 4. The van der Waals surface area contributed by atoms with E-state index in [2.05, 4.69) is 59.0 Å². The smallest absolute Gasteiger partial charge is 0.258 e. The Balaban J connectivity index is 1.48. The van der Waals surface area contributed by atoms with E-state index in [0.717, 1.165) is 35.7 Å². The van der Waals surface area contributed by atoms with Crippen LogP contribution in [0.2, 0.25) is 0 Å². The molecule has 1 heterocycles. The van der Waals surface area contributed by atoms with Crippen LogP contribution in [0.4, 0.5) is 11.4 Å². The van der Waals surface area contributed by atoms with Crippen molar-refractivity contribution in [2.75, 3.05) is 30.8 Å². The fourth-order valence-corrected chi connectivity index (χ4v) is 4.60. The van der Waals surface area contributed by atoms with Crippen molar-refractivity contribution >= 4 is 28.8 Å². The van der Waals surface area contributed by atoms with Gasteiger partial charge in [-0.2, -0.15) is 0 Å². The van der Waals surface area contributed by atoms with Gasteiger partial charge in [-0.15, -0.1) is 0 Å². The van der Waals surface area contributed by atoms with E-state index in [0.29, 0.717) is 24.2 Å². The number of amides is 2. The second-order valence-corrected chi connectivity index (χ2v) is 9.17. The van der Waals surface area contributed by atoms with Gasteiger partial charge < -0.3 is 15.5 Å². The third-order valence-electron chi connectivity index (χ3n) is 6.47. The predicted octanol–water partition coefficient (Wildman–Crippen LogP) is 5.60. The average molecular weight is 483 g/mol. The first kappa shape index (κ1) is 25.2. The molecule has 186 valence electrons. The Labute approximate surface area is 213 Å². The molecule has 1 aliphatic heterocycles. The zero-order valence-electron chi connectivity index (χ0n) is 21.5. The van der Waals surface area contributed by atoms with Crippen LogP contribution in [0.25, 0.3) is 5.57 Å². The molecule has 0 saturated carbocycles. The van der Waals surface area contributed by atoms with Crippen LogP contribution in [0.1, 0.15) is 47.8 Å². The minimum atomic E-state index is -0.165. The van der Waals surface area contributed by atoms with Gasteiger partial charge in [-0.1, -0.05) is 42.5 Å². The Hall–Kier alpha value is -3.90. The number of carbonyl (C=O) groups excluding carboxylic acids is 2. The number of allylic oxidation sites excluding steroid dienone is 1. The number of hydrogen-bond donors (Lipinski definition) is 2. The number of nitrogens with zero attached hydrogens (tertiary/aromatic N) is 2. The molecule has 6 heteroatoms. The van der Waals surface area contributed by atoms with Crippen molar-refractivity contribution in [1.29, 1.82) is 0 Å². The Morgan fingerprint density at radius 3 is 2.17 bits per heavy atom. The molecule has 36 heavy (non-hydrogen) atoms. The van der Waals surface area contributed by atoms with Crippen molar-refractivity contribution in [3.05, 3.63) is 101 Å². The first-order valence-corrected chi connectivity index (χ1v) is 12.4. The van der Waals surface area contributed by atoms with Crippen LogP contribution in [0.5, 0.6) is 0 Å². The second-order valence-electron chi connectivity index (χ2n) is 9.17. The molecule has 6 nitrogen and oxygen atoms in total. The van der Waals surface area contributed by atoms with E-state index < -0.39 is 0 Å². The third-order valence-corrected chi connectivity index (χ3v) is 6.47. The maximum absolute atomic E-state index is 12.9. The van der Waals surface area contributed by atoms with Gasteiger partial charge in [0.25, 0.3) is 11.8 Å². The third kappa shape index (κ3) is 5.66. The Morgan fingerprint density at radius 2 is 1.53 bits per heavy atom. The maximum atomic E-state index is 12.9. The number of anilines is 2. The summed E-state index contributed by atoms with van der Waals surface area (Å²) < 4.78 is 0. The highest BCUT2D eigenvalue weighted by molar-refractivity contribution is 6.32. The summed E-state index contributed by atoms with van der Waals surface area (Å²) in [6.07, 6.45) is 0. The molecule has 2 N–H and O–H groups in total. The largest absolute Gasteiger partial charge is 0.358 e. The summed E-state index contributed by atoms with van der Waals surface area (Å²) in [7, 11) is 2.11. The van der Waals surface area contributed by atoms with Crippen molar-refractivity contribution in [1.82, 2.24) is 9.80 Å². The molecule has 0 fully saturated rings. The number of nitrogens with one attached hydrogen (secondary N) is 2. The van der Waals surface area contributed by atoms with Crippen LogP contribution in [-0.4, -0.2) is 41.8 Å². The van der Waals surface area contributed by atoms with E-state index in [1.807, 2.05) is 51.1 Å². The highest BCUT2D eigenvalue weighted by Crippen LogP contribution is 2.35. The molecule has 2 amide bonds. The first-order chi connectivity index (χ1) is 17.4. The van der Waals surface area contributed by atoms with Gasteiger partial charge in [-0.05, 0) is 69.3 Å². The minimum Gasteiger partial charge on any atom is -0.358 e. The van der Waals surface area contributed by atoms with Crippen LogP contribution in [0.15, 0.2) is 78.5 Å². The molecule has 0 radical (unpaired) electrons. The molecule has 0 saturated heterocycles. The van der Waals surface area contributed by atoms with Crippen LogP contribution in [0.3, 0.4) is 0 Å². The summed E-state index contributed by atoms with van der Waals surface area (Å²) in [6.45, 7) is 8.84. The molecular weight excluding hydrogens is 448 g/mol. The molecule has 0 unspecified atom stereocenters. The lowest BCUT2D eigenvalue weighted by Crippen LogP contribution is -2.30. The zero-order valence-corrected chi connectivity index (χ0v) is 21.5. The minimum absolute atomic E-state index is 0.0278. The molecule has 3 aromatic carbocycles. The van der Waals surface area contributed by atoms with Crippen LogP contribution in [-0.2, 0) is 17.9 Å². The van der Waals surface area contributed by atoms with E-state index in [1.54, 1.807) is 11.0 Å². The molecule has 0 bridgehead atoms. The Morgan fingerprint density at radius 1 is 0.889 bits per heavy atom. The molecule has 0 atom stereocenters. The number of rotatable bonds is 9. The highest BCUT2D eigenvalue weighted by Gasteiger charge is 2.28. The van der Waals surface area contributed by atoms with Crippen molar-refractivity contribution in [2.45, 2.75) is 33.9 Å². The summed E-state index contributed by atoms with van der Waals surface area (Å²) in [6, 6.07) is 24.1. The van der Waals surface area contributed by atoms with E-state index >= 15 is 0 Å². The molecule has 0 aromatic heterocycles. The Kier molecular flexibility index (Phi) is 7.86. The summed E-state index contributed by atoms with van der Waals surface area (Å²) in [4.78, 5) is 29.7. The van der Waals surface area contributed by atoms with Gasteiger partial charge in [0, 0.05) is 54.4 Å². The Bertz CT molecular complexity index is 1260. The number of carbonyl (C=O) groups is 2. The summed E-state index contributed by atoms with van der Waals surface area (Å²) in [5, 5.41) is 6.30. The lowest BCUT2D eigenvalue weighted by atomic mass is 10.0. The van der Waals surface area contributed by atoms with Crippen LogP contribution < -0.4 is 10.6 Å². The van der Waals surface area contributed by atoms with Gasteiger partial charge in [-0.3, -0.25) is 14.5 Å². The number of fused-ring (bicyclic) bond motifs is 1. The van der Waals surface area contributed by atoms with Crippen LogP contribution >= 0.6 is 0 Å². The lowest BCUT2D eigenvalue weighted by Gasteiger charge is -2.19. The van der Waals surface area contributed by atoms with E-state index in [1.165, 1.54) is 11.1 Å². The van der Waals surface area contributed by atoms with Gasteiger partial charge in [0.15, 0.2) is 0 Å². The normalized spacial score (nSPS) is 13.9. The molecule has 1 aliphatic rings. The highest BCUT2D eigenvalue weighted by atomic mass is 16.2. The monoisotopic (exact) mass is 482 g/mol. The van der Waals surface area contributed by atoms with Crippen molar-refractivity contribution in [2.24, 2.45) is 0 Å². The van der Waals surface area contributed by atoms with Crippen molar-refractivity contribution < 1.29 is 9.59 Å². The van der Waals surface area contributed by atoms with Gasteiger partial charge >= 0.3 is 0 Å². The SMILES string of the molecule is CCN(CC)C(=O)c1ccc2c(c1)/C(=C(\C)Nc1ccc(CN(C)Cc3ccccc3)cc1)C(=O)N2. The first-order valence-electron chi connectivity index (χ1n) is 12.4. The average Bonchev–Trinajstić information content (AvgIpc) is 3.21. The fourth-order valence-electron chi connectivity index (χ4n) is 4.60. The van der Waals surface area contributed by atoms with E-state index in [-0.39, 0.29) is 11.8 Å². The van der Waals surface area contributed by atoms with Gasteiger partial charge in [0.05, 0.1) is 5.57 Å². The van der Waals surface area contributed by atoms with E-state index in [9.17, 15) is 9.59 Å². The standard InChI is InChI=1S/C30H34N4O2/c1-5-34(6-2)30(36)24-14-17-27-26(18-24)28(29(35)32-27)21(3)31-25-15-12-23(13-16-25)20-33(4)19-22-10-8-7-9-11-22/h7-18,31H,5-6,19-20H2,1-4H3,(H,32,35)/b28-21-. The maximum Gasteiger partial charge on any atom is 0.258 e. The zero-order chi connectivity index (χ0) is 25.7. The second kappa shape index (κ2) is 11.2. The van der Waals surface area contributed by atoms with Gasteiger partial charge in [-0.25, -0.2) is 0 Å². The van der Waals surface area contributed by atoms with Gasteiger partial charge in [0.1, 0.15) is 0 Å². The quantitative estimate of drug-likeness (QED) is 0.390. The van der Waals surface area contributed by atoms with Crippen molar-refractivity contribution in [3.63, 3.8) is 0 Å². The molecule has 0 spiro atoms. The molecular formula is C30H34N4O2. The predicted molar refractivity (Wildman–Crippen MR) is 147 cm³/mol. The van der Waals surface area contributed by atoms with E-state index in [4.69, 9.17) is 0 Å². The lowest BCUT2D eigenvalue weighted by molar-refractivity contribution is -0.110. The van der Waals surface area contributed by atoms with Crippen molar-refractivity contribution in [3.8, 4) is 0 Å². The summed E-state index contributed by atoms with van der Waals surface area (Å²) in [5.74, 6) is -0.193. The van der Waals surface area contributed by atoms with Gasteiger partial charge in [0.2, 0.25) is 0 Å². The summed E-state index contributed by atoms with van der Waals surface area (Å²) in [5.41, 5.74) is 6.78.